The summed E-state index contributed by atoms with van der Waals surface area (Å²) < 4.78 is 0. The molecule has 0 fully saturated rings. The highest BCUT2D eigenvalue weighted by Crippen LogP contribution is 2.23. The Balaban J connectivity index is 2.42. The molecular formula is C17H23N3O. The molecule has 0 aliphatic carbocycles. The summed E-state index contributed by atoms with van der Waals surface area (Å²) >= 11 is 0. The molecule has 2 aromatic rings. The van der Waals surface area contributed by atoms with Crippen molar-refractivity contribution >= 4 is 22.5 Å². The molecule has 1 aromatic carbocycles. The van der Waals surface area contributed by atoms with E-state index in [2.05, 4.69) is 24.1 Å². The predicted molar refractivity (Wildman–Crippen MR) is 87.7 cm³/mol. The second-order valence-corrected chi connectivity index (χ2v) is 5.68. The monoisotopic (exact) mass is 285 g/mol. The molecule has 0 aliphatic rings. The van der Waals surface area contributed by atoms with Crippen LogP contribution in [-0.4, -0.2) is 35.9 Å². The van der Waals surface area contributed by atoms with Crippen molar-refractivity contribution < 1.29 is 4.79 Å². The van der Waals surface area contributed by atoms with Gasteiger partial charge in [0.25, 0.3) is 5.91 Å². The summed E-state index contributed by atoms with van der Waals surface area (Å²) in [7, 11) is 1.83. The average molecular weight is 285 g/mol. The maximum absolute atomic E-state index is 12.5. The number of nitrogens with zero attached hydrogens (tertiary/aromatic N) is 2. The summed E-state index contributed by atoms with van der Waals surface area (Å²) in [6.07, 6.45) is 0. The smallest absolute Gasteiger partial charge is 0.272 e. The van der Waals surface area contributed by atoms with Gasteiger partial charge in [-0.25, -0.2) is 4.98 Å². The zero-order valence-electron chi connectivity index (χ0n) is 13.2. The summed E-state index contributed by atoms with van der Waals surface area (Å²) in [5, 5.41) is 4.36. The van der Waals surface area contributed by atoms with Crippen molar-refractivity contribution in [3.63, 3.8) is 0 Å². The lowest BCUT2D eigenvalue weighted by Crippen LogP contribution is -2.31. The number of hydrogen-bond acceptors (Lipinski definition) is 3. The van der Waals surface area contributed by atoms with Crippen molar-refractivity contribution in [2.75, 3.05) is 25.5 Å². The first kappa shape index (κ1) is 15.3. The third-order valence-corrected chi connectivity index (χ3v) is 3.29. The standard InChI is InChI=1S/C17H23N3O/c1-5-18-15-10-16(17(21)20(4)11-12(2)3)19-14-9-7-6-8-13(14)15/h6-10,12H,5,11H2,1-4H3,(H,18,19). The molecule has 0 saturated carbocycles. The normalized spacial score (nSPS) is 10.9. The maximum Gasteiger partial charge on any atom is 0.272 e. The molecule has 112 valence electrons. The molecular weight excluding hydrogens is 262 g/mol. The minimum Gasteiger partial charge on any atom is -0.385 e. The molecule has 2 rings (SSSR count). The lowest BCUT2D eigenvalue weighted by Gasteiger charge is -2.19. The van der Waals surface area contributed by atoms with Gasteiger partial charge in [0, 0.05) is 31.2 Å². The molecule has 1 amide bonds. The third-order valence-electron chi connectivity index (χ3n) is 3.29. The van der Waals surface area contributed by atoms with Gasteiger partial charge in [-0.15, -0.1) is 0 Å². The molecule has 4 nitrogen and oxygen atoms in total. The first-order valence-corrected chi connectivity index (χ1v) is 7.42. The molecule has 1 heterocycles. The number of anilines is 1. The molecule has 1 N–H and O–H groups in total. The fraction of sp³-hybridized carbons (Fsp3) is 0.412. The number of benzene rings is 1. The average Bonchev–Trinajstić information content (AvgIpc) is 2.46. The molecule has 0 spiro atoms. The first-order chi connectivity index (χ1) is 10.0. The minimum atomic E-state index is -0.0337. The van der Waals surface area contributed by atoms with Crippen LogP contribution in [0.2, 0.25) is 0 Å². The molecule has 0 unspecified atom stereocenters. The van der Waals surface area contributed by atoms with Crippen molar-refractivity contribution in [1.82, 2.24) is 9.88 Å². The summed E-state index contributed by atoms with van der Waals surface area (Å²) in [6, 6.07) is 9.74. The molecule has 21 heavy (non-hydrogen) atoms. The Labute approximate surface area is 126 Å². The summed E-state index contributed by atoms with van der Waals surface area (Å²) in [6.45, 7) is 7.78. The van der Waals surface area contributed by atoms with Crippen LogP contribution < -0.4 is 5.32 Å². The van der Waals surface area contributed by atoms with Crippen LogP contribution in [-0.2, 0) is 0 Å². The lowest BCUT2D eigenvalue weighted by atomic mass is 10.1. The van der Waals surface area contributed by atoms with Crippen molar-refractivity contribution in [2.24, 2.45) is 5.92 Å². The lowest BCUT2D eigenvalue weighted by molar-refractivity contribution is 0.0774. The topological polar surface area (TPSA) is 45.2 Å². The SMILES string of the molecule is CCNc1cc(C(=O)N(C)CC(C)C)nc2ccccc12. The van der Waals surface area contributed by atoms with Gasteiger partial charge in [0.15, 0.2) is 0 Å². The molecule has 0 radical (unpaired) electrons. The molecule has 4 heteroatoms. The zero-order valence-corrected chi connectivity index (χ0v) is 13.2. The highest BCUT2D eigenvalue weighted by Gasteiger charge is 2.16. The number of amides is 1. The number of fused-ring (bicyclic) bond motifs is 1. The van der Waals surface area contributed by atoms with E-state index in [-0.39, 0.29) is 5.91 Å². The van der Waals surface area contributed by atoms with Crippen LogP contribution in [0, 0.1) is 5.92 Å². The van der Waals surface area contributed by atoms with Gasteiger partial charge < -0.3 is 10.2 Å². The molecule has 0 aliphatic heterocycles. The Kier molecular flexibility index (Phi) is 4.78. The van der Waals surface area contributed by atoms with E-state index in [0.717, 1.165) is 29.7 Å². The van der Waals surface area contributed by atoms with Gasteiger partial charge in [-0.3, -0.25) is 4.79 Å². The largest absolute Gasteiger partial charge is 0.385 e. The van der Waals surface area contributed by atoms with Crippen molar-refractivity contribution in [3.05, 3.63) is 36.0 Å². The van der Waals surface area contributed by atoms with Crippen molar-refractivity contribution in [3.8, 4) is 0 Å². The minimum absolute atomic E-state index is 0.0337. The highest BCUT2D eigenvalue weighted by atomic mass is 16.2. The number of carbonyl (C=O) groups excluding carboxylic acids is 1. The molecule has 0 bridgehead atoms. The van der Waals surface area contributed by atoms with E-state index in [4.69, 9.17) is 0 Å². The number of hydrogen-bond donors (Lipinski definition) is 1. The van der Waals surface area contributed by atoms with E-state index in [1.165, 1.54) is 0 Å². The number of nitrogens with one attached hydrogen (secondary N) is 1. The number of rotatable bonds is 5. The van der Waals surface area contributed by atoms with Crippen molar-refractivity contribution in [1.29, 1.82) is 0 Å². The van der Waals surface area contributed by atoms with E-state index >= 15 is 0 Å². The van der Waals surface area contributed by atoms with Crippen LogP contribution >= 0.6 is 0 Å². The molecule has 0 saturated heterocycles. The summed E-state index contributed by atoms with van der Waals surface area (Å²) in [5.74, 6) is 0.404. The van der Waals surface area contributed by atoms with Gasteiger partial charge in [0.2, 0.25) is 0 Å². The third kappa shape index (κ3) is 3.51. The highest BCUT2D eigenvalue weighted by molar-refractivity contribution is 5.99. The Morgan fingerprint density at radius 3 is 2.71 bits per heavy atom. The quantitative estimate of drug-likeness (QED) is 0.916. The van der Waals surface area contributed by atoms with E-state index in [9.17, 15) is 4.79 Å². The van der Waals surface area contributed by atoms with E-state index in [0.29, 0.717) is 11.6 Å². The number of para-hydroxylation sites is 1. The fourth-order valence-electron chi connectivity index (χ4n) is 2.45. The Hall–Kier alpha value is -2.10. The molecule has 1 aromatic heterocycles. The van der Waals surface area contributed by atoms with Gasteiger partial charge >= 0.3 is 0 Å². The Morgan fingerprint density at radius 2 is 2.05 bits per heavy atom. The summed E-state index contributed by atoms with van der Waals surface area (Å²) in [5.41, 5.74) is 2.30. The van der Waals surface area contributed by atoms with Crippen LogP contribution in [0.5, 0.6) is 0 Å². The van der Waals surface area contributed by atoms with E-state index < -0.39 is 0 Å². The van der Waals surface area contributed by atoms with Crippen LogP contribution in [0.3, 0.4) is 0 Å². The van der Waals surface area contributed by atoms with Gasteiger partial charge in [0.1, 0.15) is 5.69 Å². The van der Waals surface area contributed by atoms with Crippen molar-refractivity contribution in [2.45, 2.75) is 20.8 Å². The number of carbonyl (C=O) groups is 1. The van der Waals surface area contributed by atoms with Gasteiger partial charge in [-0.2, -0.15) is 0 Å². The Morgan fingerprint density at radius 1 is 1.33 bits per heavy atom. The van der Waals surface area contributed by atoms with Crippen LogP contribution in [0.15, 0.2) is 30.3 Å². The second-order valence-electron chi connectivity index (χ2n) is 5.68. The van der Waals surface area contributed by atoms with E-state index in [1.54, 1.807) is 4.90 Å². The van der Waals surface area contributed by atoms with Gasteiger partial charge in [-0.05, 0) is 25.0 Å². The molecule has 0 atom stereocenters. The zero-order chi connectivity index (χ0) is 15.4. The number of pyridine rings is 1. The first-order valence-electron chi connectivity index (χ1n) is 7.42. The van der Waals surface area contributed by atoms with Gasteiger partial charge in [-0.1, -0.05) is 32.0 Å². The maximum atomic E-state index is 12.5. The number of aromatic nitrogens is 1. The van der Waals surface area contributed by atoms with E-state index in [1.807, 2.05) is 44.3 Å². The fourth-order valence-corrected chi connectivity index (χ4v) is 2.45. The summed E-state index contributed by atoms with van der Waals surface area (Å²) in [4.78, 5) is 18.8. The predicted octanol–water partition coefficient (Wildman–Crippen LogP) is 3.39. The van der Waals surface area contributed by atoms with Crippen LogP contribution in [0.25, 0.3) is 10.9 Å². The second kappa shape index (κ2) is 6.57. The van der Waals surface area contributed by atoms with Crippen LogP contribution in [0.1, 0.15) is 31.3 Å². The van der Waals surface area contributed by atoms with Crippen LogP contribution in [0.4, 0.5) is 5.69 Å². The van der Waals surface area contributed by atoms with Gasteiger partial charge in [0.05, 0.1) is 5.52 Å². The Bertz CT molecular complexity index is 637.